The lowest BCUT2D eigenvalue weighted by atomic mass is 9.93. The van der Waals surface area contributed by atoms with Crippen molar-refractivity contribution in [3.8, 4) is 0 Å². The van der Waals surface area contributed by atoms with E-state index < -0.39 is 40.0 Å². The van der Waals surface area contributed by atoms with Crippen molar-refractivity contribution in [1.29, 1.82) is 0 Å². The molecule has 0 rings (SSSR count). The second-order valence-corrected chi connectivity index (χ2v) is 25.8. The molecule has 0 aromatic heterocycles. The van der Waals surface area contributed by atoms with Gasteiger partial charge < -0.3 is 24.6 Å². The summed E-state index contributed by atoms with van der Waals surface area (Å²) in [5.74, 6) is -1.59. The van der Waals surface area contributed by atoms with E-state index in [9.17, 15) is 24.6 Å². The molecule has 0 spiro atoms. The van der Waals surface area contributed by atoms with E-state index in [0.29, 0.717) is 6.61 Å². The number of carbonyl (C=O) groups is 3. The van der Waals surface area contributed by atoms with Crippen molar-refractivity contribution in [2.24, 2.45) is 11.8 Å². The van der Waals surface area contributed by atoms with Crippen LogP contribution in [0, 0.1) is 11.8 Å². The predicted molar refractivity (Wildman–Crippen MR) is 195 cm³/mol. The van der Waals surface area contributed by atoms with E-state index >= 15 is 0 Å². The van der Waals surface area contributed by atoms with Crippen LogP contribution in [0.2, 0.25) is 51.4 Å². The smallest absolute Gasteiger partial charge is 0.328 e. The summed E-state index contributed by atoms with van der Waals surface area (Å²) in [6, 6.07) is 0.638. The van der Waals surface area contributed by atoms with E-state index in [-0.39, 0.29) is 43.1 Å². The lowest BCUT2D eigenvalue weighted by Gasteiger charge is -2.26. The molecule has 260 valence electrons. The number of aliphatic hydroxyl groups is 2. The van der Waals surface area contributed by atoms with Gasteiger partial charge in [0.15, 0.2) is 0 Å². The van der Waals surface area contributed by atoms with Crippen LogP contribution in [0.15, 0.2) is 72.1 Å². The third kappa shape index (κ3) is 21.7. The number of likely N-dealkylation sites (N-methyl/N-ethyl adjacent to an activating group) is 1. The standard InChI is InChI=1S/C36H61NO7Si2/c1-28(2)35(41)30(4)26-29(3)18-16-14-12-13-15-17-19-31(38)27-33(39)37(5)32(36(42)44-23-25-46(9,10)11)20-21-34(40)43-22-24-45(6,7)8/h12-19,26-28,30,32,35,38,41H,20-25H2,1-11H3/b14-12+,15-13+,18-16+,19-17+,29-26+,31-27+/t30?,32-,35?/m0/s1. The molecule has 2 unspecified atom stereocenters. The molecule has 0 aliphatic carbocycles. The minimum Gasteiger partial charge on any atom is -0.508 e. The van der Waals surface area contributed by atoms with Gasteiger partial charge in [-0.3, -0.25) is 9.59 Å². The summed E-state index contributed by atoms with van der Waals surface area (Å²) < 4.78 is 10.9. The van der Waals surface area contributed by atoms with Crippen LogP contribution in [0.25, 0.3) is 0 Å². The van der Waals surface area contributed by atoms with Crippen LogP contribution in [0.5, 0.6) is 0 Å². The molecule has 0 heterocycles. The number of rotatable bonds is 20. The van der Waals surface area contributed by atoms with Crippen molar-refractivity contribution in [2.45, 2.75) is 104 Å². The van der Waals surface area contributed by atoms with Gasteiger partial charge in [-0.05, 0) is 37.4 Å². The second-order valence-electron chi connectivity index (χ2n) is 14.6. The molecule has 10 heteroatoms. The molecule has 0 aromatic rings. The molecule has 8 nitrogen and oxygen atoms in total. The van der Waals surface area contributed by atoms with Gasteiger partial charge in [0.1, 0.15) is 11.8 Å². The first kappa shape index (κ1) is 43.0. The van der Waals surface area contributed by atoms with Crippen molar-refractivity contribution in [3.63, 3.8) is 0 Å². The van der Waals surface area contributed by atoms with Crippen molar-refractivity contribution in [1.82, 2.24) is 4.90 Å². The first-order chi connectivity index (χ1) is 21.2. The highest BCUT2D eigenvalue weighted by Gasteiger charge is 2.29. The second kappa shape index (κ2) is 21.8. The van der Waals surface area contributed by atoms with Crippen LogP contribution in [0.1, 0.15) is 40.5 Å². The van der Waals surface area contributed by atoms with Crippen molar-refractivity contribution in [3.05, 3.63) is 72.1 Å². The van der Waals surface area contributed by atoms with Gasteiger partial charge in [0.05, 0.1) is 19.3 Å². The maximum Gasteiger partial charge on any atom is 0.328 e. The number of esters is 2. The van der Waals surface area contributed by atoms with E-state index in [0.717, 1.165) is 23.7 Å². The summed E-state index contributed by atoms with van der Waals surface area (Å²) in [6.45, 7) is 21.7. The Balaban J connectivity index is 5.27. The Morgan fingerprint density at radius 2 is 1.30 bits per heavy atom. The average molecular weight is 676 g/mol. The highest BCUT2D eigenvalue weighted by Crippen LogP contribution is 2.16. The van der Waals surface area contributed by atoms with E-state index in [4.69, 9.17) is 9.47 Å². The van der Waals surface area contributed by atoms with Crippen molar-refractivity contribution in [2.75, 3.05) is 20.3 Å². The molecule has 0 fully saturated rings. The Morgan fingerprint density at radius 1 is 0.804 bits per heavy atom. The number of hydrogen-bond donors (Lipinski definition) is 2. The number of ether oxygens (including phenoxy) is 2. The molecular formula is C36H61NO7Si2. The molecular weight excluding hydrogens is 615 g/mol. The Labute approximate surface area is 280 Å². The normalized spacial score (nSPS) is 15.7. The van der Waals surface area contributed by atoms with Gasteiger partial charge >= 0.3 is 11.9 Å². The minimum absolute atomic E-state index is 0.0313. The lowest BCUT2D eigenvalue weighted by molar-refractivity contribution is -0.154. The van der Waals surface area contributed by atoms with Crippen LogP contribution in [0.3, 0.4) is 0 Å². The molecule has 0 aromatic carbocycles. The van der Waals surface area contributed by atoms with Crippen LogP contribution >= 0.6 is 0 Å². The fraction of sp³-hybridized carbons (Fsp3) is 0.583. The first-order valence-corrected chi connectivity index (χ1v) is 23.7. The van der Waals surface area contributed by atoms with E-state index in [1.54, 1.807) is 18.2 Å². The number of amides is 1. The fourth-order valence-electron chi connectivity index (χ4n) is 4.05. The Morgan fingerprint density at radius 3 is 1.83 bits per heavy atom. The zero-order valence-corrected chi connectivity index (χ0v) is 32.2. The molecule has 2 N–H and O–H groups in total. The van der Waals surface area contributed by atoms with Crippen molar-refractivity contribution >= 4 is 34.0 Å². The topological polar surface area (TPSA) is 113 Å². The van der Waals surface area contributed by atoms with Gasteiger partial charge in [0.2, 0.25) is 0 Å². The molecule has 0 bridgehead atoms. The molecule has 1 amide bonds. The first-order valence-electron chi connectivity index (χ1n) is 16.3. The molecule has 0 aliphatic rings. The predicted octanol–water partition coefficient (Wildman–Crippen LogP) is 7.62. The van der Waals surface area contributed by atoms with Crippen LogP contribution in [0.4, 0.5) is 0 Å². The minimum atomic E-state index is -1.44. The van der Waals surface area contributed by atoms with Crippen LogP contribution in [-0.4, -0.2) is 81.5 Å². The Kier molecular flexibility index (Phi) is 20.4. The van der Waals surface area contributed by atoms with E-state index in [2.05, 4.69) is 39.3 Å². The monoisotopic (exact) mass is 675 g/mol. The van der Waals surface area contributed by atoms with Gasteiger partial charge in [-0.25, -0.2) is 4.79 Å². The molecule has 0 aliphatic heterocycles. The summed E-state index contributed by atoms with van der Waals surface area (Å²) in [4.78, 5) is 39.5. The number of allylic oxidation sites excluding steroid dienone is 9. The van der Waals surface area contributed by atoms with Gasteiger partial charge in [-0.2, -0.15) is 0 Å². The molecule has 0 radical (unpaired) electrons. The molecule has 3 atom stereocenters. The van der Waals surface area contributed by atoms with E-state index in [1.807, 2.05) is 58.1 Å². The number of aliphatic hydroxyl groups excluding tert-OH is 2. The molecule has 0 saturated heterocycles. The van der Waals surface area contributed by atoms with Crippen LogP contribution < -0.4 is 0 Å². The number of nitrogens with zero attached hydrogens (tertiary/aromatic N) is 1. The van der Waals surface area contributed by atoms with Gasteiger partial charge in [-0.15, -0.1) is 0 Å². The maximum atomic E-state index is 13.0. The molecule has 46 heavy (non-hydrogen) atoms. The van der Waals surface area contributed by atoms with Crippen LogP contribution in [-0.2, 0) is 23.9 Å². The SMILES string of the molecule is CC(/C=C/C=C/C=C/C=C/C(O)=C\C(=O)N(C)[C@@H](CCC(=O)OCC[Si](C)(C)C)C(=O)OCC[Si](C)(C)C)=C\C(C)C(O)C(C)C. The highest BCUT2D eigenvalue weighted by molar-refractivity contribution is 6.76. The molecule has 0 saturated carbocycles. The highest BCUT2D eigenvalue weighted by atomic mass is 28.3. The van der Waals surface area contributed by atoms with E-state index in [1.165, 1.54) is 18.0 Å². The van der Waals surface area contributed by atoms with Gasteiger partial charge in [0.25, 0.3) is 5.91 Å². The average Bonchev–Trinajstić information content (AvgIpc) is 2.92. The lowest BCUT2D eigenvalue weighted by Crippen LogP contribution is -2.43. The zero-order valence-electron chi connectivity index (χ0n) is 30.2. The Hall–Kier alpha value is -2.96. The third-order valence-electron chi connectivity index (χ3n) is 7.12. The summed E-state index contributed by atoms with van der Waals surface area (Å²) in [5.41, 5.74) is 1.06. The maximum absolute atomic E-state index is 13.0. The van der Waals surface area contributed by atoms with Gasteiger partial charge in [-0.1, -0.05) is 114 Å². The zero-order chi connectivity index (χ0) is 35.5. The fourth-order valence-corrected chi connectivity index (χ4v) is 5.47. The summed E-state index contributed by atoms with van der Waals surface area (Å²) >= 11 is 0. The third-order valence-corrected chi connectivity index (χ3v) is 10.5. The quantitative estimate of drug-likeness (QED) is 0.0449. The summed E-state index contributed by atoms with van der Waals surface area (Å²) in [5, 5.41) is 20.5. The summed E-state index contributed by atoms with van der Waals surface area (Å²) in [7, 11) is -1.34. The number of hydrogen-bond acceptors (Lipinski definition) is 7. The Bertz CT molecular complexity index is 1140. The number of carbonyl (C=O) groups excluding carboxylic acids is 3. The van der Waals surface area contributed by atoms with Crippen molar-refractivity contribution < 1.29 is 34.1 Å². The van der Waals surface area contributed by atoms with Gasteiger partial charge in [0, 0.05) is 41.6 Å². The largest absolute Gasteiger partial charge is 0.508 e. The summed E-state index contributed by atoms with van der Waals surface area (Å²) in [6.07, 6.45) is 16.7.